The number of hydrogen-bond donors (Lipinski definition) is 0. The molecule has 8 heteroatoms. The molecule has 0 saturated carbocycles. The van der Waals surface area contributed by atoms with E-state index in [1.165, 1.54) is 23.2 Å². The molecule has 0 unspecified atom stereocenters. The van der Waals surface area contributed by atoms with E-state index in [0.29, 0.717) is 0 Å². The maximum Gasteiger partial charge on any atom is 0.379 e. The molecule has 0 atom stereocenters. The number of carbonyl (C=O) groups is 3. The van der Waals surface area contributed by atoms with Crippen LogP contribution in [0, 0.1) is 10.1 Å². The number of ether oxygens (including phenoxy) is 1. The molecule has 0 heterocycles. The summed E-state index contributed by atoms with van der Waals surface area (Å²) in [6, 6.07) is 4.75. The average molecular weight is 320 g/mol. The largest absolute Gasteiger partial charge is 0.460 e. The van der Waals surface area contributed by atoms with Gasteiger partial charge < -0.3 is 9.64 Å². The van der Waals surface area contributed by atoms with Crippen molar-refractivity contribution in [3.8, 4) is 0 Å². The molecule has 23 heavy (non-hydrogen) atoms. The Morgan fingerprint density at radius 2 is 1.78 bits per heavy atom. The minimum Gasteiger partial charge on any atom is -0.460 e. The second-order valence-corrected chi connectivity index (χ2v) is 4.69. The van der Waals surface area contributed by atoms with Gasteiger partial charge in [-0.2, -0.15) is 0 Å². The van der Waals surface area contributed by atoms with Crippen molar-refractivity contribution in [3.63, 3.8) is 0 Å². The molecule has 122 valence electrons. The highest BCUT2D eigenvalue weighted by Crippen LogP contribution is 2.16. The van der Waals surface area contributed by atoms with Crippen LogP contribution >= 0.6 is 0 Å². The SMILES string of the molecule is CCOC(=O)C(=O)/C(=C/N(C)C)C(=O)c1ccc([N+](=O)[O-])cc1. The molecule has 1 aromatic rings. The molecule has 0 saturated heterocycles. The van der Waals surface area contributed by atoms with Crippen LogP contribution in [0.3, 0.4) is 0 Å². The van der Waals surface area contributed by atoms with Gasteiger partial charge in [0, 0.05) is 38.0 Å². The summed E-state index contributed by atoms with van der Waals surface area (Å²) in [5, 5.41) is 10.6. The highest BCUT2D eigenvalue weighted by Gasteiger charge is 2.27. The average Bonchev–Trinajstić information content (AvgIpc) is 2.51. The van der Waals surface area contributed by atoms with Crippen LogP contribution in [0.5, 0.6) is 0 Å². The molecule has 0 spiro atoms. The van der Waals surface area contributed by atoms with Gasteiger partial charge in [0.05, 0.1) is 17.1 Å². The molecule has 0 aromatic heterocycles. The lowest BCUT2D eigenvalue weighted by Gasteiger charge is -2.10. The predicted octanol–water partition coefficient (Wildman–Crippen LogP) is 1.36. The van der Waals surface area contributed by atoms with Gasteiger partial charge in [-0.15, -0.1) is 0 Å². The smallest absolute Gasteiger partial charge is 0.379 e. The van der Waals surface area contributed by atoms with E-state index in [0.717, 1.165) is 12.1 Å². The van der Waals surface area contributed by atoms with Gasteiger partial charge >= 0.3 is 5.97 Å². The first kappa shape index (κ1) is 18.0. The molecule has 8 nitrogen and oxygen atoms in total. The van der Waals surface area contributed by atoms with Crippen molar-refractivity contribution in [1.29, 1.82) is 0 Å². The molecule has 0 fully saturated rings. The van der Waals surface area contributed by atoms with Crippen molar-refractivity contribution in [1.82, 2.24) is 4.90 Å². The molecule has 0 N–H and O–H groups in total. The number of nitro benzene ring substituents is 1. The minimum absolute atomic E-state index is 0.00550. The maximum absolute atomic E-state index is 12.4. The van der Waals surface area contributed by atoms with Crippen LogP contribution < -0.4 is 0 Å². The number of carbonyl (C=O) groups excluding carboxylic acids is 3. The molecular weight excluding hydrogens is 304 g/mol. The monoisotopic (exact) mass is 320 g/mol. The van der Waals surface area contributed by atoms with E-state index < -0.39 is 22.5 Å². The fourth-order valence-corrected chi connectivity index (χ4v) is 1.68. The number of hydrogen-bond acceptors (Lipinski definition) is 7. The lowest BCUT2D eigenvalue weighted by molar-refractivity contribution is -0.384. The third-order valence-corrected chi connectivity index (χ3v) is 2.68. The van der Waals surface area contributed by atoms with Crippen LogP contribution in [-0.2, 0) is 14.3 Å². The summed E-state index contributed by atoms with van der Waals surface area (Å²) in [4.78, 5) is 47.5. The molecule has 0 aliphatic rings. The Labute approximate surface area is 132 Å². The molecule has 0 aliphatic carbocycles. The van der Waals surface area contributed by atoms with Crippen LogP contribution in [0.15, 0.2) is 36.0 Å². The van der Waals surface area contributed by atoms with Crippen molar-refractivity contribution >= 4 is 23.2 Å². The van der Waals surface area contributed by atoms with Crippen molar-refractivity contribution in [3.05, 3.63) is 51.7 Å². The Kier molecular flexibility index (Phi) is 6.13. The summed E-state index contributed by atoms with van der Waals surface area (Å²) >= 11 is 0. The lowest BCUT2D eigenvalue weighted by atomic mass is 10.0. The summed E-state index contributed by atoms with van der Waals surface area (Å²) in [5.74, 6) is -2.91. The van der Waals surface area contributed by atoms with E-state index in [1.807, 2.05) is 0 Å². The van der Waals surface area contributed by atoms with Crippen LogP contribution in [0.2, 0.25) is 0 Å². The highest BCUT2D eigenvalue weighted by atomic mass is 16.6. The van der Waals surface area contributed by atoms with Crippen LogP contribution in [-0.4, -0.2) is 48.1 Å². The molecule has 0 radical (unpaired) electrons. The zero-order chi connectivity index (χ0) is 17.6. The van der Waals surface area contributed by atoms with Gasteiger partial charge in [-0.1, -0.05) is 0 Å². The van der Waals surface area contributed by atoms with Crippen molar-refractivity contribution < 1.29 is 24.0 Å². The summed E-state index contributed by atoms with van der Waals surface area (Å²) < 4.78 is 4.61. The number of benzene rings is 1. The Hall–Kier alpha value is -3.03. The van der Waals surface area contributed by atoms with E-state index in [1.54, 1.807) is 21.0 Å². The van der Waals surface area contributed by atoms with Gasteiger partial charge in [-0.25, -0.2) is 4.79 Å². The number of ketones is 2. The molecule has 0 aliphatic heterocycles. The number of esters is 1. The second-order valence-electron chi connectivity index (χ2n) is 4.69. The Bertz CT molecular complexity index is 661. The normalized spacial score (nSPS) is 10.8. The number of nitrogens with zero attached hydrogens (tertiary/aromatic N) is 2. The van der Waals surface area contributed by atoms with E-state index in [2.05, 4.69) is 4.74 Å². The zero-order valence-electron chi connectivity index (χ0n) is 12.9. The Morgan fingerprint density at radius 3 is 2.22 bits per heavy atom. The van der Waals surface area contributed by atoms with Crippen molar-refractivity contribution in [2.75, 3.05) is 20.7 Å². The first-order valence-electron chi connectivity index (χ1n) is 6.66. The standard InChI is InChI=1S/C15H16N2O6/c1-4-23-15(20)14(19)12(9-16(2)3)13(18)10-5-7-11(8-6-10)17(21)22/h5-9H,4H2,1-3H3/b12-9+. The summed E-state index contributed by atoms with van der Waals surface area (Å²) in [6.45, 7) is 1.55. The number of rotatable bonds is 7. The fourth-order valence-electron chi connectivity index (χ4n) is 1.68. The topological polar surface area (TPSA) is 107 Å². The molecule has 0 amide bonds. The van der Waals surface area contributed by atoms with Crippen LogP contribution in [0.1, 0.15) is 17.3 Å². The van der Waals surface area contributed by atoms with E-state index in [-0.39, 0.29) is 23.4 Å². The first-order valence-corrected chi connectivity index (χ1v) is 6.66. The fraction of sp³-hybridized carbons (Fsp3) is 0.267. The number of nitro groups is 1. The Morgan fingerprint density at radius 1 is 1.22 bits per heavy atom. The van der Waals surface area contributed by atoms with Gasteiger partial charge in [0.2, 0.25) is 0 Å². The van der Waals surface area contributed by atoms with Gasteiger partial charge in [0.25, 0.3) is 11.5 Å². The van der Waals surface area contributed by atoms with Crippen LogP contribution in [0.4, 0.5) is 5.69 Å². The van der Waals surface area contributed by atoms with Crippen molar-refractivity contribution in [2.45, 2.75) is 6.92 Å². The van der Waals surface area contributed by atoms with Crippen LogP contribution in [0.25, 0.3) is 0 Å². The highest BCUT2D eigenvalue weighted by molar-refractivity contribution is 6.48. The van der Waals surface area contributed by atoms with E-state index in [9.17, 15) is 24.5 Å². The van der Waals surface area contributed by atoms with E-state index >= 15 is 0 Å². The van der Waals surface area contributed by atoms with Gasteiger partial charge in [-0.3, -0.25) is 19.7 Å². The first-order chi connectivity index (χ1) is 10.8. The molecule has 1 aromatic carbocycles. The third-order valence-electron chi connectivity index (χ3n) is 2.68. The molecule has 0 bridgehead atoms. The second kappa shape index (κ2) is 7.83. The molecule has 1 rings (SSSR count). The van der Waals surface area contributed by atoms with E-state index in [4.69, 9.17) is 0 Å². The lowest BCUT2D eigenvalue weighted by Crippen LogP contribution is -2.25. The molecular formula is C15H16N2O6. The quantitative estimate of drug-likeness (QED) is 0.109. The summed E-state index contributed by atoms with van der Waals surface area (Å²) in [5.41, 5.74) is -0.500. The number of non-ortho nitro benzene ring substituents is 1. The summed E-state index contributed by atoms with van der Waals surface area (Å²) in [7, 11) is 3.17. The third kappa shape index (κ3) is 4.73. The van der Waals surface area contributed by atoms with Crippen molar-refractivity contribution in [2.24, 2.45) is 0 Å². The van der Waals surface area contributed by atoms with Gasteiger partial charge in [-0.05, 0) is 19.1 Å². The predicted molar refractivity (Wildman–Crippen MR) is 80.8 cm³/mol. The number of Topliss-reactive ketones (excluding diaryl/α,β-unsaturated/α-hetero) is 2. The Balaban J connectivity index is 3.17. The van der Waals surface area contributed by atoms with Gasteiger partial charge in [0.1, 0.15) is 0 Å². The maximum atomic E-state index is 12.4. The minimum atomic E-state index is -1.13. The summed E-state index contributed by atoms with van der Waals surface area (Å²) in [6.07, 6.45) is 1.21. The van der Waals surface area contributed by atoms with Gasteiger partial charge in [0.15, 0.2) is 5.78 Å². The zero-order valence-corrected chi connectivity index (χ0v) is 12.9.